The Labute approximate surface area is 169 Å². The lowest BCUT2D eigenvalue weighted by Crippen LogP contribution is -2.23. The first-order valence-corrected chi connectivity index (χ1v) is 9.15. The lowest BCUT2D eigenvalue weighted by atomic mass is 10.2. The molecule has 0 aromatic heterocycles. The van der Waals surface area contributed by atoms with Crippen molar-refractivity contribution < 1.29 is 24.5 Å². The third-order valence-electron chi connectivity index (χ3n) is 3.89. The number of phenols is 1. The molecule has 9 heteroatoms. The van der Waals surface area contributed by atoms with Crippen LogP contribution in [0.3, 0.4) is 0 Å². The number of carboxylic acid groups (broad SMARTS) is 1. The Morgan fingerprint density at radius 2 is 2.07 bits per heavy atom. The van der Waals surface area contributed by atoms with Gasteiger partial charge in [-0.3, -0.25) is 9.69 Å². The van der Waals surface area contributed by atoms with Crippen molar-refractivity contribution in [2.75, 3.05) is 14.2 Å². The Morgan fingerprint density at radius 3 is 2.75 bits per heavy atom. The van der Waals surface area contributed by atoms with Crippen LogP contribution < -0.4 is 4.74 Å². The number of nitrogens with zero attached hydrogens (tertiary/aromatic N) is 2. The normalized spacial score (nSPS) is 16.8. The zero-order valence-electron chi connectivity index (χ0n) is 14.8. The molecule has 0 spiro atoms. The molecule has 1 heterocycles. The lowest BCUT2D eigenvalue weighted by molar-refractivity contribution is -0.121. The molecule has 7 nitrogen and oxygen atoms in total. The Morgan fingerprint density at radius 1 is 1.32 bits per heavy atom. The molecule has 0 aliphatic carbocycles. The third-order valence-corrected chi connectivity index (χ3v) is 5.24. The van der Waals surface area contributed by atoms with Crippen LogP contribution in [0.5, 0.6) is 11.5 Å². The Hall–Kier alpha value is -2.97. The van der Waals surface area contributed by atoms with E-state index < -0.39 is 5.97 Å². The molecule has 0 radical (unpaired) electrons. The summed E-state index contributed by atoms with van der Waals surface area (Å²) in [7, 11) is 2.99. The standard InChI is InChI=1S/C19H15ClN2O5S/c1-22-17(24)15(8-10-6-13(20)16(23)14(7-10)27-2)28-19(22)21-12-5-3-4-11(9-12)18(25)26/h3-9,23H,1-2H3,(H,25,26)/b15-8-,21-19+. The van der Waals surface area contributed by atoms with Crippen LogP contribution >= 0.6 is 23.4 Å². The molecule has 2 aromatic rings. The van der Waals surface area contributed by atoms with Crippen molar-refractivity contribution in [3.63, 3.8) is 0 Å². The van der Waals surface area contributed by atoms with Crippen LogP contribution in [0.4, 0.5) is 5.69 Å². The molecule has 1 aliphatic rings. The number of methoxy groups -OCH3 is 1. The summed E-state index contributed by atoms with van der Waals surface area (Å²) in [6.07, 6.45) is 1.62. The van der Waals surface area contributed by atoms with E-state index in [0.717, 1.165) is 11.8 Å². The zero-order valence-corrected chi connectivity index (χ0v) is 16.4. The fraction of sp³-hybridized carbons (Fsp3) is 0.105. The van der Waals surface area contributed by atoms with Crippen LogP contribution in [0.25, 0.3) is 6.08 Å². The summed E-state index contributed by atoms with van der Waals surface area (Å²) in [4.78, 5) is 29.8. The molecule has 0 atom stereocenters. The SMILES string of the molecule is COc1cc(/C=C2\S/C(=N/c3cccc(C(=O)O)c3)N(C)C2=O)cc(Cl)c1O. The molecule has 0 bridgehead atoms. The van der Waals surface area contributed by atoms with E-state index in [2.05, 4.69) is 4.99 Å². The first-order chi connectivity index (χ1) is 13.3. The van der Waals surface area contributed by atoms with E-state index in [1.165, 1.54) is 30.2 Å². The van der Waals surface area contributed by atoms with E-state index in [4.69, 9.17) is 21.4 Å². The third kappa shape index (κ3) is 3.97. The summed E-state index contributed by atoms with van der Waals surface area (Å²) in [6.45, 7) is 0. The molecule has 0 saturated carbocycles. The van der Waals surface area contributed by atoms with E-state index in [1.54, 1.807) is 31.3 Å². The number of amidine groups is 1. The van der Waals surface area contributed by atoms with Gasteiger partial charge in [0.25, 0.3) is 5.91 Å². The molecule has 1 fully saturated rings. The number of thioether (sulfide) groups is 1. The highest BCUT2D eigenvalue weighted by atomic mass is 35.5. The molecule has 1 amide bonds. The number of rotatable bonds is 4. The van der Waals surface area contributed by atoms with E-state index in [1.807, 2.05) is 0 Å². The number of ether oxygens (including phenoxy) is 1. The Bertz CT molecular complexity index is 1030. The average molecular weight is 419 g/mol. The van der Waals surface area contributed by atoms with Gasteiger partial charge >= 0.3 is 5.97 Å². The quantitative estimate of drug-likeness (QED) is 0.728. The van der Waals surface area contributed by atoms with Crippen LogP contribution in [0.1, 0.15) is 15.9 Å². The van der Waals surface area contributed by atoms with Gasteiger partial charge in [0, 0.05) is 7.05 Å². The predicted molar refractivity (Wildman–Crippen MR) is 109 cm³/mol. The summed E-state index contributed by atoms with van der Waals surface area (Å²) < 4.78 is 5.07. The van der Waals surface area contributed by atoms with Crippen LogP contribution in [0.2, 0.25) is 5.02 Å². The van der Waals surface area contributed by atoms with E-state index in [9.17, 15) is 14.7 Å². The molecule has 2 aromatic carbocycles. The number of carboxylic acids is 1. The summed E-state index contributed by atoms with van der Waals surface area (Å²) >= 11 is 7.14. The second-order valence-corrected chi connectivity index (χ2v) is 7.19. The number of hydrogen-bond acceptors (Lipinski definition) is 6. The molecule has 0 unspecified atom stereocenters. The molecule has 3 rings (SSSR count). The molecule has 2 N–H and O–H groups in total. The van der Waals surface area contributed by atoms with Crippen molar-refractivity contribution in [2.24, 2.45) is 4.99 Å². The highest BCUT2D eigenvalue weighted by Crippen LogP contribution is 2.38. The van der Waals surface area contributed by atoms with Crippen molar-refractivity contribution in [3.05, 3.63) is 57.5 Å². The van der Waals surface area contributed by atoms with Gasteiger partial charge < -0.3 is 14.9 Å². The van der Waals surface area contributed by atoms with Gasteiger partial charge in [0.05, 0.1) is 28.3 Å². The van der Waals surface area contributed by atoms with E-state index in [0.29, 0.717) is 21.3 Å². The number of phenolic OH excluding ortho intramolecular Hbond substituents is 1. The number of aromatic hydroxyl groups is 1. The van der Waals surface area contributed by atoms with Gasteiger partial charge in [-0.1, -0.05) is 17.7 Å². The number of benzene rings is 2. The highest BCUT2D eigenvalue weighted by molar-refractivity contribution is 8.18. The summed E-state index contributed by atoms with van der Waals surface area (Å²) in [6, 6.07) is 9.23. The number of carbonyl (C=O) groups excluding carboxylic acids is 1. The van der Waals surface area contributed by atoms with Crippen LogP contribution in [-0.2, 0) is 4.79 Å². The van der Waals surface area contributed by atoms with Crippen molar-refractivity contribution in [2.45, 2.75) is 0 Å². The van der Waals surface area contributed by atoms with Gasteiger partial charge in [0.1, 0.15) is 0 Å². The van der Waals surface area contributed by atoms with Crippen molar-refractivity contribution in [3.8, 4) is 11.5 Å². The number of halogens is 1. The van der Waals surface area contributed by atoms with Gasteiger partial charge in [0.15, 0.2) is 16.7 Å². The van der Waals surface area contributed by atoms with E-state index >= 15 is 0 Å². The second-order valence-electron chi connectivity index (χ2n) is 5.78. The molecule has 1 saturated heterocycles. The number of likely N-dealkylation sites (N-methyl/N-ethyl adjacent to an activating group) is 1. The number of aliphatic imine (C=N–C) groups is 1. The maximum absolute atomic E-state index is 12.5. The maximum Gasteiger partial charge on any atom is 0.335 e. The van der Waals surface area contributed by atoms with Gasteiger partial charge in [0.2, 0.25) is 0 Å². The monoisotopic (exact) mass is 418 g/mol. The van der Waals surface area contributed by atoms with E-state index in [-0.39, 0.29) is 28.0 Å². The van der Waals surface area contributed by atoms with Crippen molar-refractivity contribution in [1.82, 2.24) is 4.90 Å². The minimum atomic E-state index is -1.05. The zero-order chi connectivity index (χ0) is 20.4. The first kappa shape index (κ1) is 19.8. The molecule has 28 heavy (non-hydrogen) atoms. The van der Waals surface area contributed by atoms with Gasteiger partial charge in [-0.15, -0.1) is 0 Å². The Balaban J connectivity index is 1.94. The second kappa shape index (κ2) is 7.95. The van der Waals surface area contributed by atoms with Crippen LogP contribution in [0, 0.1) is 0 Å². The van der Waals surface area contributed by atoms with Gasteiger partial charge in [-0.05, 0) is 53.7 Å². The van der Waals surface area contributed by atoms with Gasteiger partial charge in [-0.2, -0.15) is 0 Å². The topological polar surface area (TPSA) is 99.4 Å². The summed E-state index contributed by atoms with van der Waals surface area (Å²) in [5.74, 6) is -1.29. The van der Waals surface area contributed by atoms with Crippen LogP contribution in [-0.4, -0.2) is 46.3 Å². The summed E-state index contributed by atoms with van der Waals surface area (Å²) in [5, 5.41) is 19.4. The smallest absolute Gasteiger partial charge is 0.335 e. The predicted octanol–water partition coefficient (Wildman–Crippen LogP) is 3.99. The average Bonchev–Trinajstić information content (AvgIpc) is 2.92. The Kier molecular flexibility index (Phi) is 5.62. The minimum Gasteiger partial charge on any atom is -0.503 e. The minimum absolute atomic E-state index is 0.106. The number of hydrogen-bond donors (Lipinski definition) is 2. The number of aromatic carboxylic acids is 1. The fourth-order valence-corrected chi connectivity index (χ4v) is 3.66. The largest absolute Gasteiger partial charge is 0.503 e. The molecular weight excluding hydrogens is 404 g/mol. The van der Waals surface area contributed by atoms with Gasteiger partial charge in [-0.25, -0.2) is 9.79 Å². The lowest BCUT2D eigenvalue weighted by Gasteiger charge is -2.07. The highest BCUT2D eigenvalue weighted by Gasteiger charge is 2.30. The number of carbonyl (C=O) groups is 2. The van der Waals surface area contributed by atoms with Crippen molar-refractivity contribution >= 4 is 52.2 Å². The number of amides is 1. The molecule has 1 aliphatic heterocycles. The molecule has 144 valence electrons. The van der Waals surface area contributed by atoms with Crippen LogP contribution in [0.15, 0.2) is 46.3 Å². The first-order valence-electron chi connectivity index (χ1n) is 7.96. The maximum atomic E-state index is 12.5. The molecular formula is C19H15ClN2O5S. The summed E-state index contributed by atoms with van der Waals surface area (Å²) in [5.41, 5.74) is 1.12. The van der Waals surface area contributed by atoms with Crippen molar-refractivity contribution in [1.29, 1.82) is 0 Å². The fourth-order valence-electron chi connectivity index (χ4n) is 2.45.